The number of hydrogen-bond acceptors (Lipinski definition) is 1. The molecule has 0 spiro atoms. The molecule has 0 atom stereocenters. The average molecular weight is 215 g/mol. The lowest BCUT2D eigenvalue weighted by atomic mass is 10.0. The largest absolute Gasteiger partial charge is 0.508 e. The zero-order valence-corrected chi connectivity index (χ0v) is 8.22. The highest BCUT2D eigenvalue weighted by Gasteiger charge is 2.08. The van der Waals surface area contributed by atoms with Crippen molar-refractivity contribution in [2.24, 2.45) is 0 Å². The Morgan fingerprint density at radius 2 is 2.00 bits per heavy atom. The Kier molecular flexibility index (Phi) is 2.55. The Hall–Kier alpha value is -0.500. The van der Waals surface area contributed by atoms with Crippen molar-refractivity contribution >= 4 is 15.9 Å². The number of rotatable bonds is 1. The topological polar surface area (TPSA) is 20.2 Å². The Labute approximate surface area is 75.2 Å². The molecule has 0 saturated carbocycles. The maximum absolute atomic E-state index is 9.43. The second kappa shape index (κ2) is 3.26. The first-order valence-corrected chi connectivity index (χ1v) is 4.39. The molecule has 0 aliphatic carbocycles. The minimum absolute atomic E-state index is 0.352. The van der Waals surface area contributed by atoms with Crippen molar-refractivity contribution < 1.29 is 5.11 Å². The number of aromatic hydroxyl groups is 1. The summed E-state index contributed by atoms with van der Waals surface area (Å²) in [5.41, 5.74) is 0.979. The molecule has 0 unspecified atom stereocenters. The molecule has 0 aromatic heterocycles. The third-order valence-corrected chi connectivity index (χ3v) is 2.30. The fraction of sp³-hybridized carbons (Fsp3) is 0.333. The van der Waals surface area contributed by atoms with Crippen molar-refractivity contribution in [3.8, 4) is 5.75 Å². The van der Waals surface area contributed by atoms with E-state index in [0.717, 1.165) is 10.0 Å². The van der Waals surface area contributed by atoms with E-state index in [4.69, 9.17) is 0 Å². The fourth-order valence-corrected chi connectivity index (χ4v) is 1.91. The Morgan fingerprint density at radius 1 is 1.36 bits per heavy atom. The summed E-state index contributed by atoms with van der Waals surface area (Å²) < 4.78 is 0.979. The maximum Gasteiger partial charge on any atom is 0.120 e. The van der Waals surface area contributed by atoms with Gasteiger partial charge in [-0.2, -0.15) is 0 Å². The number of hydrogen-bond donors (Lipinski definition) is 1. The van der Waals surface area contributed by atoms with Gasteiger partial charge in [-0.05, 0) is 18.1 Å². The van der Waals surface area contributed by atoms with Gasteiger partial charge >= 0.3 is 0 Å². The van der Waals surface area contributed by atoms with Crippen LogP contribution in [0.5, 0.6) is 5.75 Å². The van der Waals surface area contributed by atoms with Gasteiger partial charge in [-0.15, -0.1) is 0 Å². The van der Waals surface area contributed by atoms with Gasteiger partial charge in [-0.3, -0.25) is 0 Å². The van der Waals surface area contributed by atoms with Crippen molar-refractivity contribution in [1.82, 2.24) is 0 Å². The predicted octanol–water partition coefficient (Wildman–Crippen LogP) is 3.28. The van der Waals surface area contributed by atoms with Gasteiger partial charge in [-0.25, -0.2) is 0 Å². The standard InChI is InChI=1S/C9H11BrO/c1-6(2)9-7(10)4-3-5-8(9)11/h3-6,11H,1-2H3. The van der Waals surface area contributed by atoms with Crippen LogP contribution >= 0.6 is 15.9 Å². The maximum atomic E-state index is 9.43. The number of benzene rings is 1. The van der Waals surface area contributed by atoms with Crippen molar-refractivity contribution in [3.05, 3.63) is 28.2 Å². The highest BCUT2D eigenvalue weighted by atomic mass is 79.9. The molecule has 0 heterocycles. The Morgan fingerprint density at radius 3 is 2.36 bits per heavy atom. The van der Waals surface area contributed by atoms with Crippen LogP contribution in [0.2, 0.25) is 0 Å². The van der Waals surface area contributed by atoms with Crippen LogP contribution in [-0.4, -0.2) is 5.11 Å². The molecule has 11 heavy (non-hydrogen) atoms. The van der Waals surface area contributed by atoms with Crippen molar-refractivity contribution in [3.63, 3.8) is 0 Å². The Balaban J connectivity index is 3.21. The van der Waals surface area contributed by atoms with Crippen LogP contribution in [0.25, 0.3) is 0 Å². The van der Waals surface area contributed by atoms with Crippen LogP contribution in [-0.2, 0) is 0 Å². The summed E-state index contributed by atoms with van der Waals surface area (Å²) in [5, 5.41) is 9.43. The average Bonchev–Trinajstić information content (AvgIpc) is 1.85. The van der Waals surface area contributed by atoms with Gasteiger partial charge in [0.25, 0.3) is 0 Å². The summed E-state index contributed by atoms with van der Waals surface area (Å²) in [6.45, 7) is 4.11. The van der Waals surface area contributed by atoms with Gasteiger partial charge in [0.1, 0.15) is 5.75 Å². The minimum atomic E-state index is 0.352. The molecular weight excluding hydrogens is 204 g/mol. The van der Waals surface area contributed by atoms with Gasteiger partial charge in [0.2, 0.25) is 0 Å². The third-order valence-electron chi connectivity index (χ3n) is 1.61. The Bertz CT molecular complexity index is 235. The molecule has 60 valence electrons. The van der Waals surface area contributed by atoms with E-state index in [0.29, 0.717) is 11.7 Å². The highest BCUT2D eigenvalue weighted by molar-refractivity contribution is 9.10. The number of phenolic OH excluding ortho intramolecular Hbond substituents is 1. The molecule has 1 rings (SSSR count). The first kappa shape index (κ1) is 8.60. The van der Waals surface area contributed by atoms with Gasteiger partial charge in [0.15, 0.2) is 0 Å². The summed E-state index contributed by atoms with van der Waals surface area (Å²) in [6.07, 6.45) is 0. The van der Waals surface area contributed by atoms with Gasteiger partial charge in [0.05, 0.1) is 0 Å². The van der Waals surface area contributed by atoms with E-state index in [9.17, 15) is 5.11 Å². The molecule has 0 bridgehead atoms. The highest BCUT2D eigenvalue weighted by Crippen LogP contribution is 2.31. The van der Waals surface area contributed by atoms with Crippen LogP contribution < -0.4 is 0 Å². The normalized spacial score (nSPS) is 10.5. The van der Waals surface area contributed by atoms with Gasteiger partial charge in [-0.1, -0.05) is 35.8 Å². The SMILES string of the molecule is CC(C)c1c(O)cccc1Br. The van der Waals surface area contributed by atoms with Gasteiger partial charge < -0.3 is 5.11 Å². The number of halogens is 1. The van der Waals surface area contributed by atoms with E-state index in [1.165, 1.54) is 0 Å². The van der Waals surface area contributed by atoms with E-state index < -0.39 is 0 Å². The van der Waals surface area contributed by atoms with Crippen molar-refractivity contribution in [1.29, 1.82) is 0 Å². The van der Waals surface area contributed by atoms with Crippen LogP contribution in [0.4, 0.5) is 0 Å². The molecule has 0 radical (unpaired) electrons. The molecule has 1 aromatic carbocycles. The van der Waals surface area contributed by atoms with Crippen LogP contribution in [0.3, 0.4) is 0 Å². The van der Waals surface area contributed by atoms with E-state index in [-0.39, 0.29) is 0 Å². The van der Waals surface area contributed by atoms with E-state index in [2.05, 4.69) is 29.8 Å². The molecule has 1 aromatic rings. The summed E-state index contributed by atoms with van der Waals surface area (Å²) >= 11 is 3.39. The summed E-state index contributed by atoms with van der Waals surface area (Å²) in [5.74, 6) is 0.722. The summed E-state index contributed by atoms with van der Waals surface area (Å²) in [6, 6.07) is 5.47. The number of phenols is 1. The molecule has 0 aliphatic heterocycles. The fourth-order valence-electron chi connectivity index (χ4n) is 1.10. The zero-order chi connectivity index (χ0) is 8.43. The molecule has 1 N–H and O–H groups in total. The monoisotopic (exact) mass is 214 g/mol. The van der Waals surface area contributed by atoms with E-state index in [1.807, 2.05) is 12.1 Å². The molecular formula is C9H11BrO. The summed E-state index contributed by atoms with van der Waals surface area (Å²) in [4.78, 5) is 0. The molecule has 0 fully saturated rings. The van der Waals surface area contributed by atoms with Crippen molar-refractivity contribution in [2.75, 3.05) is 0 Å². The third kappa shape index (κ3) is 1.74. The first-order chi connectivity index (χ1) is 5.13. The predicted molar refractivity (Wildman–Crippen MR) is 49.9 cm³/mol. The molecule has 0 aliphatic rings. The molecule has 0 amide bonds. The van der Waals surface area contributed by atoms with Crippen molar-refractivity contribution in [2.45, 2.75) is 19.8 Å². The van der Waals surface area contributed by atoms with Gasteiger partial charge in [0, 0.05) is 10.0 Å². The van der Waals surface area contributed by atoms with Crippen LogP contribution in [0.15, 0.2) is 22.7 Å². The zero-order valence-electron chi connectivity index (χ0n) is 6.63. The second-order valence-electron chi connectivity index (χ2n) is 2.83. The molecule has 1 nitrogen and oxygen atoms in total. The smallest absolute Gasteiger partial charge is 0.120 e. The second-order valence-corrected chi connectivity index (χ2v) is 3.68. The quantitative estimate of drug-likeness (QED) is 0.762. The summed E-state index contributed by atoms with van der Waals surface area (Å²) in [7, 11) is 0. The van der Waals surface area contributed by atoms with Crippen LogP contribution in [0, 0.1) is 0 Å². The molecule has 2 heteroatoms. The molecule has 0 saturated heterocycles. The van der Waals surface area contributed by atoms with E-state index in [1.54, 1.807) is 6.07 Å². The minimum Gasteiger partial charge on any atom is -0.508 e. The van der Waals surface area contributed by atoms with E-state index >= 15 is 0 Å². The lowest BCUT2D eigenvalue weighted by molar-refractivity contribution is 0.464. The van der Waals surface area contributed by atoms with Crippen LogP contribution in [0.1, 0.15) is 25.3 Å². The first-order valence-electron chi connectivity index (χ1n) is 3.60. The lowest BCUT2D eigenvalue weighted by Gasteiger charge is -2.09. The lowest BCUT2D eigenvalue weighted by Crippen LogP contribution is -1.88.